The van der Waals surface area contributed by atoms with Gasteiger partial charge in [-0.1, -0.05) is 17.7 Å². The number of aromatic nitrogens is 3. The lowest BCUT2D eigenvalue weighted by Crippen LogP contribution is -2.41. The molecule has 0 bridgehead atoms. The summed E-state index contributed by atoms with van der Waals surface area (Å²) in [7, 11) is 1.61. The number of rotatable bonds is 6. The fraction of sp³-hybridized carbons (Fsp3) is 0.550. The van der Waals surface area contributed by atoms with E-state index in [9.17, 15) is 9.59 Å². The number of benzene rings is 1. The molecule has 28 heavy (non-hydrogen) atoms. The summed E-state index contributed by atoms with van der Waals surface area (Å²) >= 11 is 0. The van der Waals surface area contributed by atoms with E-state index in [-0.39, 0.29) is 17.6 Å². The molecule has 2 amide bonds. The van der Waals surface area contributed by atoms with Crippen molar-refractivity contribution in [3.05, 3.63) is 46.1 Å². The first-order chi connectivity index (χ1) is 13.5. The molecule has 8 heteroatoms. The van der Waals surface area contributed by atoms with Gasteiger partial charge in [-0.05, 0) is 38.8 Å². The van der Waals surface area contributed by atoms with Crippen LogP contribution in [0.1, 0.15) is 37.1 Å². The molecule has 0 saturated carbocycles. The molecular formula is C20H29N5O3. The molecule has 1 fully saturated rings. The molecule has 2 aromatic rings. The zero-order chi connectivity index (χ0) is 20.1. The highest BCUT2D eigenvalue weighted by Crippen LogP contribution is 2.26. The molecule has 8 nitrogen and oxygen atoms in total. The number of carbonyl (C=O) groups excluding carboxylic acids is 1. The standard InChI is InChI=1S/C20H29N5O3/c1-4-24-18(22-25(20(24)27)13-14-28-3)16-9-11-23(12-10-16)19(26)21-17-7-5-15(2)6-8-17/h5-8,16H,4,9-14H2,1-3H3,(H,21,26). The van der Waals surface area contributed by atoms with Crippen LogP contribution in [0.25, 0.3) is 0 Å². The molecule has 1 aliphatic heterocycles. The average Bonchev–Trinajstić information content (AvgIpc) is 3.03. The SMILES string of the molecule is CCn1c(C2CCN(C(=O)Nc3ccc(C)cc3)CC2)nn(CCOC)c1=O. The number of urea groups is 1. The molecule has 1 N–H and O–H groups in total. The van der Waals surface area contributed by atoms with Crippen LogP contribution in [0.4, 0.5) is 10.5 Å². The Labute approximate surface area is 165 Å². The number of piperidine rings is 1. The van der Waals surface area contributed by atoms with Gasteiger partial charge >= 0.3 is 11.7 Å². The second-order valence-electron chi connectivity index (χ2n) is 7.16. The van der Waals surface area contributed by atoms with Gasteiger partial charge in [0.05, 0.1) is 13.2 Å². The summed E-state index contributed by atoms with van der Waals surface area (Å²) in [5.74, 6) is 1.00. The number of ether oxygens (including phenoxy) is 1. The largest absolute Gasteiger partial charge is 0.383 e. The van der Waals surface area contributed by atoms with Gasteiger partial charge in [0.2, 0.25) is 0 Å². The Balaban J connectivity index is 1.62. The third kappa shape index (κ3) is 4.44. The van der Waals surface area contributed by atoms with Crippen LogP contribution < -0.4 is 11.0 Å². The summed E-state index contributed by atoms with van der Waals surface area (Å²) in [6.07, 6.45) is 1.59. The maximum Gasteiger partial charge on any atom is 0.345 e. The number of hydrogen-bond donors (Lipinski definition) is 1. The Morgan fingerprint density at radius 2 is 1.93 bits per heavy atom. The number of nitrogens with one attached hydrogen (secondary N) is 1. The van der Waals surface area contributed by atoms with E-state index in [1.165, 1.54) is 4.68 Å². The van der Waals surface area contributed by atoms with Crippen molar-refractivity contribution in [1.82, 2.24) is 19.2 Å². The molecule has 0 spiro atoms. The van der Waals surface area contributed by atoms with Gasteiger partial charge < -0.3 is 15.0 Å². The quantitative estimate of drug-likeness (QED) is 0.825. The van der Waals surface area contributed by atoms with Crippen molar-refractivity contribution in [2.75, 3.05) is 32.1 Å². The van der Waals surface area contributed by atoms with Crippen molar-refractivity contribution < 1.29 is 9.53 Å². The van der Waals surface area contributed by atoms with Gasteiger partial charge in [-0.3, -0.25) is 4.57 Å². The van der Waals surface area contributed by atoms with E-state index < -0.39 is 0 Å². The molecule has 3 rings (SSSR count). The Morgan fingerprint density at radius 1 is 1.25 bits per heavy atom. The third-order valence-corrected chi connectivity index (χ3v) is 5.23. The molecular weight excluding hydrogens is 358 g/mol. The summed E-state index contributed by atoms with van der Waals surface area (Å²) in [4.78, 5) is 26.8. The minimum Gasteiger partial charge on any atom is -0.383 e. The van der Waals surface area contributed by atoms with Gasteiger partial charge in [-0.15, -0.1) is 0 Å². The molecule has 0 unspecified atom stereocenters. The number of hydrogen-bond acceptors (Lipinski definition) is 4. The average molecular weight is 387 g/mol. The highest BCUT2D eigenvalue weighted by molar-refractivity contribution is 5.89. The maximum absolute atomic E-state index is 12.5. The topological polar surface area (TPSA) is 81.4 Å². The highest BCUT2D eigenvalue weighted by Gasteiger charge is 2.28. The van der Waals surface area contributed by atoms with E-state index in [2.05, 4.69) is 10.4 Å². The maximum atomic E-state index is 12.5. The summed E-state index contributed by atoms with van der Waals surface area (Å²) in [5, 5.41) is 7.51. The Bertz CT molecular complexity index is 848. The zero-order valence-corrected chi connectivity index (χ0v) is 16.9. The van der Waals surface area contributed by atoms with Crippen molar-refractivity contribution in [1.29, 1.82) is 0 Å². The fourth-order valence-corrected chi connectivity index (χ4v) is 3.56. The van der Waals surface area contributed by atoms with Crippen molar-refractivity contribution in [3.8, 4) is 0 Å². The van der Waals surface area contributed by atoms with Crippen LogP contribution in [0.2, 0.25) is 0 Å². The second-order valence-corrected chi connectivity index (χ2v) is 7.16. The number of aryl methyl sites for hydroxylation is 1. The fourth-order valence-electron chi connectivity index (χ4n) is 3.56. The number of methoxy groups -OCH3 is 1. The zero-order valence-electron chi connectivity index (χ0n) is 16.9. The first kappa shape index (κ1) is 20.1. The molecule has 2 heterocycles. The van der Waals surface area contributed by atoms with E-state index in [1.54, 1.807) is 11.7 Å². The highest BCUT2D eigenvalue weighted by atomic mass is 16.5. The van der Waals surface area contributed by atoms with E-state index in [0.717, 1.165) is 29.9 Å². The molecule has 0 radical (unpaired) electrons. The molecule has 0 atom stereocenters. The van der Waals surface area contributed by atoms with Crippen LogP contribution >= 0.6 is 0 Å². The number of carbonyl (C=O) groups is 1. The van der Waals surface area contributed by atoms with E-state index in [1.807, 2.05) is 43.0 Å². The minimum absolute atomic E-state index is 0.0826. The summed E-state index contributed by atoms with van der Waals surface area (Å²) < 4.78 is 8.29. The normalized spacial score (nSPS) is 15.0. The smallest absolute Gasteiger partial charge is 0.345 e. The van der Waals surface area contributed by atoms with Crippen LogP contribution in [0.3, 0.4) is 0 Å². The van der Waals surface area contributed by atoms with E-state index >= 15 is 0 Å². The summed E-state index contributed by atoms with van der Waals surface area (Å²) in [6, 6.07) is 7.69. The number of nitrogens with zero attached hydrogens (tertiary/aromatic N) is 4. The number of amides is 2. The first-order valence-corrected chi connectivity index (χ1v) is 9.82. The minimum atomic E-state index is -0.0888. The summed E-state index contributed by atoms with van der Waals surface area (Å²) in [5.41, 5.74) is 1.87. The van der Waals surface area contributed by atoms with Crippen LogP contribution in [-0.2, 0) is 17.8 Å². The van der Waals surface area contributed by atoms with Gasteiger partial charge in [-0.25, -0.2) is 14.3 Å². The molecule has 152 valence electrons. The Kier molecular flexibility index (Phi) is 6.51. The lowest BCUT2D eigenvalue weighted by molar-refractivity contribution is 0.181. The summed E-state index contributed by atoms with van der Waals surface area (Å²) in [6.45, 7) is 6.76. The monoisotopic (exact) mass is 387 g/mol. The molecule has 1 saturated heterocycles. The van der Waals surface area contributed by atoms with Gasteiger partial charge in [0.25, 0.3) is 0 Å². The van der Waals surface area contributed by atoms with Gasteiger partial charge in [0.15, 0.2) is 0 Å². The van der Waals surface area contributed by atoms with Crippen LogP contribution in [0, 0.1) is 6.92 Å². The van der Waals surface area contributed by atoms with Gasteiger partial charge in [0, 0.05) is 38.3 Å². The van der Waals surface area contributed by atoms with Crippen LogP contribution in [-0.4, -0.2) is 52.1 Å². The van der Waals surface area contributed by atoms with Crippen LogP contribution in [0.5, 0.6) is 0 Å². The lowest BCUT2D eigenvalue weighted by atomic mass is 9.96. The number of anilines is 1. The van der Waals surface area contributed by atoms with Crippen molar-refractivity contribution in [2.24, 2.45) is 0 Å². The predicted molar refractivity (Wildman–Crippen MR) is 108 cm³/mol. The third-order valence-electron chi connectivity index (χ3n) is 5.23. The molecule has 1 aliphatic rings. The van der Waals surface area contributed by atoms with Gasteiger partial charge in [0.1, 0.15) is 5.82 Å². The molecule has 1 aromatic heterocycles. The van der Waals surface area contributed by atoms with Gasteiger partial charge in [-0.2, -0.15) is 5.10 Å². The van der Waals surface area contributed by atoms with E-state index in [0.29, 0.717) is 32.8 Å². The second kappa shape index (κ2) is 9.05. The predicted octanol–water partition coefficient (Wildman–Crippen LogP) is 2.43. The Morgan fingerprint density at radius 3 is 2.54 bits per heavy atom. The van der Waals surface area contributed by atoms with Crippen LogP contribution in [0.15, 0.2) is 29.1 Å². The molecule has 0 aliphatic carbocycles. The number of likely N-dealkylation sites (tertiary alicyclic amines) is 1. The van der Waals surface area contributed by atoms with Crippen molar-refractivity contribution >= 4 is 11.7 Å². The van der Waals surface area contributed by atoms with Crippen molar-refractivity contribution in [3.63, 3.8) is 0 Å². The lowest BCUT2D eigenvalue weighted by Gasteiger charge is -2.31. The Hall–Kier alpha value is -2.61. The first-order valence-electron chi connectivity index (χ1n) is 9.82. The molecule has 1 aromatic carbocycles. The van der Waals surface area contributed by atoms with Crippen molar-refractivity contribution in [2.45, 2.75) is 45.7 Å². The van der Waals surface area contributed by atoms with E-state index in [4.69, 9.17) is 4.74 Å².